The van der Waals surface area contributed by atoms with Gasteiger partial charge in [-0.2, -0.15) is 5.21 Å². The van der Waals surface area contributed by atoms with Crippen LogP contribution in [0, 0.1) is 0 Å². The van der Waals surface area contributed by atoms with Gasteiger partial charge in [-0.3, -0.25) is 4.90 Å². The molecule has 1 aromatic heterocycles. The van der Waals surface area contributed by atoms with Crippen LogP contribution in [0.2, 0.25) is 0 Å². The van der Waals surface area contributed by atoms with Crippen molar-refractivity contribution in [2.45, 2.75) is 6.54 Å². The van der Waals surface area contributed by atoms with Crippen LogP contribution in [0.5, 0.6) is 0 Å². The number of aromatic amines is 1. The van der Waals surface area contributed by atoms with Crippen LogP contribution in [-0.4, -0.2) is 52.3 Å². The molecule has 1 N–H and O–H groups in total. The van der Waals surface area contributed by atoms with E-state index in [1.54, 1.807) is 7.11 Å². The average Bonchev–Trinajstić information content (AvgIpc) is 3.22. The van der Waals surface area contributed by atoms with Crippen molar-refractivity contribution in [2.75, 3.05) is 26.8 Å². The van der Waals surface area contributed by atoms with Crippen LogP contribution in [0.4, 0.5) is 0 Å². The lowest BCUT2D eigenvalue weighted by molar-refractivity contribution is 0.151. The summed E-state index contributed by atoms with van der Waals surface area (Å²) in [5.74, 6) is 0.610. The molecule has 0 aliphatic heterocycles. The lowest BCUT2D eigenvalue weighted by atomic mass is 10.1. The third-order valence-electron chi connectivity index (χ3n) is 4.05. The molecule has 0 radical (unpaired) electrons. The summed E-state index contributed by atoms with van der Waals surface area (Å²) < 4.78 is 5.25. The second kappa shape index (κ2) is 9.60. The molecule has 0 fully saturated rings. The van der Waals surface area contributed by atoms with Crippen molar-refractivity contribution >= 4 is 6.08 Å². The molecule has 6 nitrogen and oxygen atoms in total. The van der Waals surface area contributed by atoms with Crippen molar-refractivity contribution in [1.29, 1.82) is 0 Å². The highest BCUT2D eigenvalue weighted by atomic mass is 16.5. The number of hydrogen-bond donors (Lipinski definition) is 1. The molecule has 0 spiro atoms. The normalized spacial score (nSPS) is 11.5. The minimum Gasteiger partial charge on any atom is -0.383 e. The van der Waals surface area contributed by atoms with Gasteiger partial charge in [0.2, 0.25) is 5.82 Å². The Kier molecular flexibility index (Phi) is 6.64. The largest absolute Gasteiger partial charge is 0.383 e. The maximum atomic E-state index is 5.25. The van der Waals surface area contributed by atoms with E-state index in [1.165, 1.54) is 11.1 Å². The van der Waals surface area contributed by atoms with Crippen LogP contribution in [0.1, 0.15) is 11.1 Å². The van der Waals surface area contributed by atoms with Crippen LogP contribution in [0.3, 0.4) is 0 Å². The van der Waals surface area contributed by atoms with E-state index in [0.29, 0.717) is 12.4 Å². The lowest BCUT2D eigenvalue weighted by Crippen LogP contribution is -2.27. The summed E-state index contributed by atoms with van der Waals surface area (Å²) in [6.07, 6.45) is 4.35. The number of tetrazole rings is 1. The van der Waals surface area contributed by atoms with Gasteiger partial charge in [0.1, 0.15) is 0 Å². The number of rotatable bonds is 9. The van der Waals surface area contributed by atoms with Crippen molar-refractivity contribution in [3.8, 4) is 11.4 Å². The SMILES string of the molecule is COCCN(C/C=C/c1ccccc1)Cc1ccc(-c2nn[nH]n2)cc1. The molecule has 0 unspecified atom stereocenters. The van der Waals surface area contributed by atoms with E-state index in [2.05, 4.69) is 61.9 Å². The fraction of sp³-hybridized carbons (Fsp3) is 0.250. The van der Waals surface area contributed by atoms with Crippen molar-refractivity contribution in [1.82, 2.24) is 25.5 Å². The smallest absolute Gasteiger partial charge is 0.204 e. The number of methoxy groups -OCH3 is 1. The Morgan fingerprint density at radius 1 is 1.08 bits per heavy atom. The second-order valence-corrected chi connectivity index (χ2v) is 5.97. The van der Waals surface area contributed by atoms with Gasteiger partial charge in [-0.05, 0) is 16.3 Å². The molecule has 0 aliphatic rings. The Bertz CT molecular complexity index is 785. The molecule has 6 heteroatoms. The molecule has 0 saturated carbocycles. The van der Waals surface area contributed by atoms with E-state index in [1.807, 2.05) is 30.3 Å². The number of aromatic nitrogens is 4. The molecule has 0 aliphatic carbocycles. The zero-order valence-corrected chi connectivity index (χ0v) is 14.9. The monoisotopic (exact) mass is 349 g/mol. The van der Waals surface area contributed by atoms with Gasteiger partial charge in [0, 0.05) is 32.3 Å². The third-order valence-corrected chi connectivity index (χ3v) is 4.05. The number of benzene rings is 2. The van der Waals surface area contributed by atoms with E-state index in [9.17, 15) is 0 Å². The summed E-state index contributed by atoms with van der Waals surface area (Å²) in [5.41, 5.74) is 3.40. The van der Waals surface area contributed by atoms with E-state index in [-0.39, 0.29) is 0 Å². The highest BCUT2D eigenvalue weighted by Gasteiger charge is 2.06. The summed E-state index contributed by atoms with van der Waals surface area (Å²) >= 11 is 0. The molecule has 3 rings (SSSR count). The third kappa shape index (κ3) is 5.34. The number of ether oxygens (including phenoxy) is 1. The Balaban J connectivity index is 1.61. The van der Waals surface area contributed by atoms with Gasteiger partial charge in [-0.25, -0.2) is 0 Å². The van der Waals surface area contributed by atoms with Gasteiger partial charge in [-0.15, -0.1) is 10.2 Å². The standard InChI is InChI=1S/C20H23N5O/c1-26-15-14-25(13-5-8-17-6-3-2-4-7-17)16-18-9-11-19(12-10-18)20-21-23-24-22-20/h2-12H,13-16H2,1H3,(H,21,22,23,24)/b8-5+. The van der Waals surface area contributed by atoms with Crippen molar-refractivity contribution in [3.05, 3.63) is 71.8 Å². The van der Waals surface area contributed by atoms with Crippen molar-refractivity contribution < 1.29 is 4.74 Å². The predicted octanol–water partition coefficient (Wildman–Crippen LogP) is 3.03. The fourth-order valence-electron chi connectivity index (χ4n) is 2.66. The minimum absolute atomic E-state index is 0.610. The van der Waals surface area contributed by atoms with E-state index < -0.39 is 0 Å². The Labute approximate surface area is 153 Å². The summed E-state index contributed by atoms with van der Waals surface area (Å²) in [6.45, 7) is 3.31. The van der Waals surface area contributed by atoms with Crippen LogP contribution >= 0.6 is 0 Å². The van der Waals surface area contributed by atoms with Crippen molar-refractivity contribution in [2.24, 2.45) is 0 Å². The summed E-state index contributed by atoms with van der Waals surface area (Å²) in [6, 6.07) is 18.6. The molecule has 0 saturated heterocycles. The predicted molar refractivity (Wildman–Crippen MR) is 102 cm³/mol. The number of nitrogens with zero attached hydrogens (tertiary/aromatic N) is 4. The van der Waals surface area contributed by atoms with E-state index in [4.69, 9.17) is 4.74 Å². The minimum atomic E-state index is 0.610. The van der Waals surface area contributed by atoms with Gasteiger partial charge in [-0.1, -0.05) is 66.7 Å². The quantitative estimate of drug-likeness (QED) is 0.643. The summed E-state index contributed by atoms with van der Waals surface area (Å²) in [4.78, 5) is 2.35. The van der Waals surface area contributed by atoms with Crippen molar-refractivity contribution in [3.63, 3.8) is 0 Å². The first-order valence-corrected chi connectivity index (χ1v) is 8.61. The topological polar surface area (TPSA) is 66.9 Å². The zero-order chi connectivity index (χ0) is 18.0. The molecule has 1 heterocycles. The fourth-order valence-corrected chi connectivity index (χ4v) is 2.66. The molecule has 26 heavy (non-hydrogen) atoms. The Morgan fingerprint density at radius 2 is 1.88 bits per heavy atom. The first-order chi connectivity index (χ1) is 12.8. The van der Waals surface area contributed by atoms with Gasteiger partial charge in [0.25, 0.3) is 0 Å². The number of hydrogen-bond acceptors (Lipinski definition) is 5. The average molecular weight is 349 g/mol. The van der Waals surface area contributed by atoms with Crippen LogP contribution in [0.25, 0.3) is 17.5 Å². The first-order valence-electron chi connectivity index (χ1n) is 8.61. The van der Waals surface area contributed by atoms with Crippen LogP contribution in [0.15, 0.2) is 60.7 Å². The van der Waals surface area contributed by atoms with Gasteiger partial charge < -0.3 is 4.74 Å². The van der Waals surface area contributed by atoms with E-state index in [0.717, 1.165) is 25.2 Å². The molecule has 0 amide bonds. The van der Waals surface area contributed by atoms with Crippen LogP contribution < -0.4 is 0 Å². The van der Waals surface area contributed by atoms with E-state index >= 15 is 0 Å². The molecular formula is C20H23N5O. The molecule has 3 aromatic rings. The number of nitrogens with one attached hydrogen (secondary N) is 1. The maximum absolute atomic E-state index is 5.25. The molecule has 0 bridgehead atoms. The molecular weight excluding hydrogens is 326 g/mol. The Hall–Kier alpha value is -2.83. The Morgan fingerprint density at radius 3 is 2.58 bits per heavy atom. The maximum Gasteiger partial charge on any atom is 0.204 e. The highest BCUT2D eigenvalue weighted by Crippen LogP contribution is 2.15. The molecule has 134 valence electrons. The van der Waals surface area contributed by atoms with Gasteiger partial charge in [0.05, 0.1) is 6.61 Å². The van der Waals surface area contributed by atoms with Crippen LogP contribution in [-0.2, 0) is 11.3 Å². The summed E-state index contributed by atoms with van der Waals surface area (Å²) in [7, 11) is 1.73. The molecule has 0 atom stereocenters. The first kappa shape index (κ1) is 18.0. The van der Waals surface area contributed by atoms with Gasteiger partial charge in [0.15, 0.2) is 0 Å². The number of H-pyrrole nitrogens is 1. The molecule has 2 aromatic carbocycles. The van der Waals surface area contributed by atoms with Gasteiger partial charge >= 0.3 is 0 Å². The summed E-state index contributed by atoms with van der Waals surface area (Å²) in [5, 5.41) is 14.1. The zero-order valence-electron chi connectivity index (χ0n) is 14.9. The lowest BCUT2D eigenvalue weighted by Gasteiger charge is -2.20. The second-order valence-electron chi connectivity index (χ2n) is 5.97. The highest BCUT2D eigenvalue weighted by molar-refractivity contribution is 5.54.